The number of aliphatic hydroxyl groups excluding tert-OH is 2. The normalized spacial score (nSPS) is 13.6. The van der Waals surface area contributed by atoms with E-state index >= 15 is 0 Å². The fourth-order valence-corrected chi connectivity index (χ4v) is 7.96. The summed E-state index contributed by atoms with van der Waals surface area (Å²) in [5.74, 6) is -0.519. The number of nitrogens with one attached hydrogen (secondary N) is 1. The highest BCUT2D eigenvalue weighted by molar-refractivity contribution is 5.77. The lowest BCUT2D eigenvalue weighted by molar-refractivity contribution is -0.151. The van der Waals surface area contributed by atoms with Crippen LogP contribution in [0.2, 0.25) is 0 Å². The quantitative estimate of drug-likeness (QED) is 0.0322. The highest BCUT2D eigenvalue weighted by Gasteiger charge is 2.24. The number of rotatable bonds is 47. The summed E-state index contributed by atoms with van der Waals surface area (Å²) in [6.45, 7) is 6.36. The molecule has 356 valence electrons. The van der Waals surface area contributed by atoms with Gasteiger partial charge in [0.1, 0.15) is 6.10 Å². The zero-order chi connectivity index (χ0) is 44.5. The number of unbranched alkanes of at least 4 members (excludes halogenated alkanes) is 27. The average molecular weight is 856 g/mol. The van der Waals surface area contributed by atoms with Crippen LogP contribution in [0.15, 0.2) is 48.6 Å². The molecule has 0 radical (unpaired) electrons. The zero-order valence-corrected chi connectivity index (χ0v) is 40.5. The first-order valence-electron chi connectivity index (χ1n) is 26.4. The maximum Gasteiger partial charge on any atom is 0.306 e. The summed E-state index contributed by atoms with van der Waals surface area (Å²) in [4.78, 5) is 26.1. The van der Waals surface area contributed by atoms with Crippen molar-refractivity contribution >= 4 is 11.9 Å². The molecular weight excluding hydrogens is 755 g/mol. The lowest BCUT2D eigenvalue weighted by Gasteiger charge is -2.24. The van der Waals surface area contributed by atoms with Crippen LogP contribution in [0.4, 0.5) is 0 Å². The van der Waals surface area contributed by atoms with E-state index in [1.54, 1.807) is 0 Å². The summed E-state index contributed by atoms with van der Waals surface area (Å²) < 4.78 is 5.91. The van der Waals surface area contributed by atoms with Gasteiger partial charge in [-0.1, -0.05) is 243 Å². The maximum absolute atomic E-state index is 13.2. The van der Waals surface area contributed by atoms with Crippen molar-refractivity contribution in [1.29, 1.82) is 0 Å². The highest BCUT2D eigenvalue weighted by Crippen LogP contribution is 2.18. The van der Waals surface area contributed by atoms with Crippen LogP contribution in [-0.2, 0) is 14.3 Å². The first kappa shape index (κ1) is 58.8. The number of aliphatic hydroxyl groups is 2. The van der Waals surface area contributed by atoms with Crippen LogP contribution in [0.1, 0.15) is 265 Å². The van der Waals surface area contributed by atoms with E-state index in [0.29, 0.717) is 19.3 Å². The third kappa shape index (κ3) is 44.2. The Kier molecular flexibility index (Phi) is 47.1. The van der Waals surface area contributed by atoms with Gasteiger partial charge in [-0.2, -0.15) is 0 Å². The highest BCUT2D eigenvalue weighted by atomic mass is 16.5. The summed E-state index contributed by atoms with van der Waals surface area (Å²) >= 11 is 0. The summed E-state index contributed by atoms with van der Waals surface area (Å²) in [7, 11) is 0. The van der Waals surface area contributed by atoms with E-state index in [2.05, 4.69) is 74.7 Å². The molecule has 0 aliphatic carbocycles. The predicted molar refractivity (Wildman–Crippen MR) is 264 cm³/mol. The molecule has 61 heavy (non-hydrogen) atoms. The molecule has 0 bridgehead atoms. The minimum Gasteiger partial charge on any atom is -0.462 e. The number of ether oxygens (including phenoxy) is 1. The molecule has 3 atom stereocenters. The molecule has 0 spiro atoms. The molecule has 3 N–H and O–H groups in total. The fourth-order valence-electron chi connectivity index (χ4n) is 7.96. The SMILES string of the molecule is CC/C=C/C/C=C/C/C=C/C/C=C/CCCC(CC(=O)NC(CO)C(O)CCCCCCCCCCCCCC)OC(=O)CCCCCCCCCCCCCCCCCC. The second kappa shape index (κ2) is 48.8. The number of esters is 1. The van der Waals surface area contributed by atoms with Crippen molar-refractivity contribution in [3.05, 3.63) is 48.6 Å². The number of allylic oxidation sites excluding steroid dienone is 8. The summed E-state index contributed by atoms with van der Waals surface area (Å²) in [5.41, 5.74) is 0. The minimum absolute atomic E-state index is 0.0424. The molecule has 0 aromatic carbocycles. The summed E-state index contributed by atoms with van der Waals surface area (Å²) in [6.07, 6.45) is 58.9. The lowest BCUT2D eigenvalue weighted by atomic mass is 10.0. The molecule has 0 saturated heterocycles. The molecule has 1 amide bonds. The van der Waals surface area contributed by atoms with Crippen LogP contribution in [-0.4, -0.2) is 46.9 Å². The van der Waals surface area contributed by atoms with Crippen molar-refractivity contribution in [3.8, 4) is 0 Å². The van der Waals surface area contributed by atoms with Gasteiger partial charge in [0.05, 0.1) is 25.2 Å². The van der Waals surface area contributed by atoms with Gasteiger partial charge in [0, 0.05) is 6.42 Å². The van der Waals surface area contributed by atoms with Crippen molar-refractivity contribution in [3.63, 3.8) is 0 Å². The Hall–Kier alpha value is -2.18. The molecule has 6 heteroatoms. The summed E-state index contributed by atoms with van der Waals surface area (Å²) in [6, 6.07) is -0.717. The molecule has 3 unspecified atom stereocenters. The first-order chi connectivity index (χ1) is 30.0. The van der Waals surface area contributed by atoms with Crippen LogP contribution in [0, 0.1) is 0 Å². The molecule has 0 aromatic heterocycles. The van der Waals surface area contributed by atoms with E-state index in [1.807, 2.05) is 0 Å². The smallest absolute Gasteiger partial charge is 0.306 e. The van der Waals surface area contributed by atoms with Crippen molar-refractivity contribution in [2.45, 2.75) is 283 Å². The Morgan fingerprint density at radius 3 is 1.31 bits per heavy atom. The van der Waals surface area contributed by atoms with Gasteiger partial charge in [-0.15, -0.1) is 0 Å². The van der Waals surface area contributed by atoms with Gasteiger partial charge in [-0.3, -0.25) is 9.59 Å². The van der Waals surface area contributed by atoms with Crippen molar-refractivity contribution in [1.82, 2.24) is 5.32 Å². The van der Waals surface area contributed by atoms with Gasteiger partial charge < -0.3 is 20.3 Å². The lowest BCUT2D eigenvalue weighted by Crippen LogP contribution is -2.46. The molecule has 0 aliphatic rings. The number of carbonyl (C=O) groups excluding carboxylic acids is 2. The molecule has 0 heterocycles. The largest absolute Gasteiger partial charge is 0.462 e. The number of amides is 1. The second-order valence-electron chi connectivity index (χ2n) is 17.9. The Labute approximate surface area is 378 Å². The topological polar surface area (TPSA) is 95.9 Å². The van der Waals surface area contributed by atoms with Crippen molar-refractivity contribution < 1.29 is 24.5 Å². The molecule has 0 aromatic rings. The molecule has 0 aliphatic heterocycles. The number of carbonyl (C=O) groups is 2. The minimum atomic E-state index is -0.800. The van der Waals surface area contributed by atoms with E-state index in [4.69, 9.17) is 4.74 Å². The monoisotopic (exact) mass is 856 g/mol. The first-order valence-corrected chi connectivity index (χ1v) is 26.4. The average Bonchev–Trinajstić information content (AvgIpc) is 3.25. The van der Waals surface area contributed by atoms with Gasteiger partial charge in [-0.25, -0.2) is 0 Å². The Bertz CT molecular complexity index is 1050. The van der Waals surface area contributed by atoms with Gasteiger partial charge in [0.25, 0.3) is 0 Å². The molecule has 6 nitrogen and oxygen atoms in total. The number of hydrogen-bond donors (Lipinski definition) is 3. The van der Waals surface area contributed by atoms with Crippen LogP contribution >= 0.6 is 0 Å². The van der Waals surface area contributed by atoms with Crippen molar-refractivity contribution in [2.75, 3.05) is 6.61 Å². The predicted octanol–water partition coefficient (Wildman–Crippen LogP) is 15.8. The van der Waals surface area contributed by atoms with Crippen LogP contribution in [0.5, 0.6) is 0 Å². The van der Waals surface area contributed by atoms with E-state index in [9.17, 15) is 19.8 Å². The third-order valence-corrected chi connectivity index (χ3v) is 11.9. The standard InChI is InChI=1S/C55H101NO5/c1-4-7-10-13-16-19-22-25-27-28-30-33-36-39-42-45-48-55(60)61-51(46-43-40-37-34-31-29-26-23-20-17-14-11-8-5-2)49-54(59)56-52(50-57)53(58)47-44-41-38-35-32-24-21-18-15-12-9-6-3/h8,11,17,20,26,29,34,37,51-53,57-58H,4-7,9-10,12-16,18-19,21-25,27-28,30-33,35-36,38-50H2,1-3H3,(H,56,59)/b11-8+,20-17+,29-26+,37-34+. The van der Waals surface area contributed by atoms with Gasteiger partial charge in [-0.05, 0) is 57.8 Å². The van der Waals surface area contributed by atoms with Gasteiger partial charge in [0.2, 0.25) is 5.91 Å². The van der Waals surface area contributed by atoms with E-state index in [-0.39, 0.29) is 24.9 Å². The van der Waals surface area contributed by atoms with Gasteiger partial charge >= 0.3 is 5.97 Å². The Morgan fingerprint density at radius 1 is 0.492 bits per heavy atom. The molecule has 0 fully saturated rings. The van der Waals surface area contributed by atoms with Gasteiger partial charge in [0.15, 0.2) is 0 Å². The Balaban J connectivity index is 4.62. The zero-order valence-electron chi connectivity index (χ0n) is 40.5. The summed E-state index contributed by atoms with van der Waals surface area (Å²) in [5, 5.41) is 23.7. The van der Waals surface area contributed by atoms with Crippen LogP contribution < -0.4 is 5.32 Å². The fraction of sp³-hybridized carbons (Fsp3) is 0.818. The molecule has 0 saturated carbocycles. The van der Waals surface area contributed by atoms with Crippen molar-refractivity contribution in [2.24, 2.45) is 0 Å². The van der Waals surface area contributed by atoms with E-state index < -0.39 is 18.2 Å². The van der Waals surface area contributed by atoms with Crippen LogP contribution in [0.25, 0.3) is 0 Å². The maximum atomic E-state index is 13.2. The Morgan fingerprint density at radius 2 is 0.885 bits per heavy atom. The molecular formula is C55H101NO5. The van der Waals surface area contributed by atoms with Crippen LogP contribution in [0.3, 0.4) is 0 Å². The molecule has 0 rings (SSSR count). The van der Waals surface area contributed by atoms with E-state index in [0.717, 1.165) is 77.0 Å². The number of hydrogen-bond acceptors (Lipinski definition) is 5. The third-order valence-electron chi connectivity index (χ3n) is 11.9. The second-order valence-corrected chi connectivity index (χ2v) is 17.9. The van der Waals surface area contributed by atoms with E-state index in [1.165, 1.54) is 141 Å².